The Labute approximate surface area is 102 Å². The van der Waals surface area contributed by atoms with Crippen LogP contribution in [0.1, 0.15) is 12.0 Å². The SMILES string of the molecule is CO[C@H]1CCN([C@H]2COc3ccccc3C2)C1. The van der Waals surface area contributed by atoms with Crippen LogP contribution in [0.2, 0.25) is 0 Å². The van der Waals surface area contributed by atoms with Gasteiger partial charge in [-0.15, -0.1) is 0 Å². The normalized spacial score (nSPS) is 28.8. The summed E-state index contributed by atoms with van der Waals surface area (Å²) in [4.78, 5) is 2.50. The van der Waals surface area contributed by atoms with E-state index in [0.717, 1.165) is 38.3 Å². The van der Waals surface area contributed by atoms with Crippen molar-refractivity contribution in [3.8, 4) is 5.75 Å². The Hall–Kier alpha value is -1.06. The van der Waals surface area contributed by atoms with E-state index in [2.05, 4.69) is 23.1 Å². The molecule has 2 aliphatic rings. The summed E-state index contributed by atoms with van der Waals surface area (Å²) in [6.07, 6.45) is 2.66. The highest BCUT2D eigenvalue weighted by Crippen LogP contribution is 2.27. The number of benzene rings is 1. The number of fused-ring (bicyclic) bond motifs is 1. The third-order valence-corrected chi connectivity index (χ3v) is 3.89. The molecule has 0 radical (unpaired) electrons. The largest absolute Gasteiger partial charge is 0.492 e. The number of ether oxygens (including phenoxy) is 2. The molecule has 0 N–H and O–H groups in total. The number of nitrogens with zero attached hydrogens (tertiary/aromatic N) is 1. The summed E-state index contributed by atoms with van der Waals surface area (Å²) in [5.41, 5.74) is 1.34. The summed E-state index contributed by atoms with van der Waals surface area (Å²) >= 11 is 0. The second-order valence-corrected chi connectivity index (χ2v) is 4.92. The third-order valence-electron chi connectivity index (χ3n) is 3.89. The molecule has 0 spiro atoms. The van der Waals surface area contributed by atoms with Gasteiger partial charge in [0.1, 0.15) is 12.4 Å². The molecule has 0 aliphatic carbocycles. The Morgan fingerprint density at radius 3 is 3.06 bits per heavy atom. The van der Waals surface area contributed by atoms with Crippen LogP contribution in [-0.2, 0) is 11.2 Å². The van der Waals surface area contributed by atoms with Gasteiger partial charge in [0.15, 0.2) is 0 Å². The van der Waals surface area contributed by atoms with E-state index in [1.54, 1.807) is 7.11 Å². The lowest BCUT2D eigenvalue weighted by Crippen LogP contribution is -2.42. The number of likely N-dealkylation sites (tertiary alicyclic amines) is 1. The number of para-hydroxylation sites is 1. The molecule has 1 saturated heterocycles. The molecule has 0 bridgehead atoms. The smallest absolute Gasteiger partial charge is 0.122 e. The Bertz CT molecular complexity index is 394. The molecular formula is C14H19NO2. The molecule has 0 amide bonds. The topological polar surface area (TPSA) is 21.7 Å². The highest BCUT2D eigenvalue weighted by atomic mass is 16.5. The average molecular weight is 233 g/mol. The van der Waals surface area contributed by atoms with Gasteiger partial charge in [-0.2, -0.15) is 0 Å². The molecule has 3 nitrogen and oxygen atoms in total. The molecule has 92 valence electrons. The molecule has 1 aromatic rings. The van der Waals surface area contributed by atoms with E-state index in [-0.39, 0.29) is 0 Å². The summed E-state index contributed by atoms with van der Waals surface area (Å²) in [6, 6.07) is 8.88. The molecule has 3 heteroatoms. The predicted octanol–water partition coefficient (Wildman–Crippen LogP) is 1.71. The molecular weight excluding hydrogens is 214 g/mol. The van der Waals surface area contributed by atoms with Gasteiger partial charge in [-0.1, -0.05) is 18.2 Å². The number of methoxy groups -OCH3 is 1. The minimum atomic E-state index is 0.409. The van der Waals surface area contributed by atoms with Gasteiger partial charge in [-0.05, 0) is 24.5 Å². The Morgan fingerprint density at radius 1 is 1.35 bits per heavy atom. The maximum absolute atomic E-state index is 5.83. The highest BCUT2D eigenvalue weighted by molar-refractivity contribution is 5.35. The van der Waals surface area contributed by atoms with E-state index in [9.17, 15) is 0 Å². The van der Waals surface area contributed by atoms with Gasteiger partial charge in [0, 0.05) is 26.2 Å². The van der Waals surface area contributed by atoms with E-state index in [4.69, 9.17) is 9.47 Å². The zero-order valence-electron chi connectivity index (χ0n) is 10.3. The van der Waals surface area contributed by atoms with Crippen LogP contribution in [0.15, 0.2) is 24.3 Å². The van der Waals surface area contributed by atoms with Gasteiger partial charge in [-0.25, -0.2) is 0 Å². The monoisotopic (exact) mass is 233 g/mol. The van der Waals surface area contributed by atoms with Crippen LogP contribution in [0, 0.1) is 0 Å². The fourth-order valence-corrected chi connectivity index (χ4v) is 2.82. The summed E-state index contributed by atoms with van der Waals surface area (Å²) in [7, 11) is 1.81. The van der Waals surface area contributed by atoms with Crippen molar-refractivity contribution in [2.45, 2.75) is 25.0 Å². The standard InChI is InChI=1S/C14H19NO2/c1-16-13-6-7-15(9-13)12-8-11-4-2-3-5-14(11)17-10-12/h2-5,12-13H,6-10H2,1H3/t12-,13+/m1/s1. The Kier molecular flexibility index (Phi) is 3.04. The highest BCUT2D eigenvalue weighted by Gasteiger charge is 2.31. The van der Waals surface area contributed by atoms with E-state index in [1.807, 2.05) is 6.07 Å². The maximum Gasteiger partial charge on any atom is 0.122 e. The molecule has 2 atom stereocenters. The molecule has 17 heavy (non-hydrogen) atoms. The second kappa shape index (κ2) is 4.67. The van der Waals surface area contributed by atoms with Crippen LogP contribution in [0.3, 0.4) is 0 Å². The molecule has 2 aliphatic heterocycles. The van der Waals surface area contributed by atoms with Crippen molar-refractivity contribution < 1.29 is 9.47 Å². The van der Waals surface area contributed by atoms with Crippen LogP contribution >= 0.6 is 0 Å². The maximum atomic E-state index is 5.83. The van der Waals surface area contributed by atoms with Crippen molar-refractivity contribution in [1.29, 1.82) is 0 Å². The van der Waals surface area contributed by atoms with Crippen LogP contribution < -0.4 is 4.74 Å². The summed E-state index contributed by atoms with van der Waals surface area (Å²) in [5.74, 6) is 1.06. The van der Waals surface area contributed by atoms with Crippen LogP contribution in [0.25, 0.3) is 0 Å². The first-order valence-electron chi connectivity index (χ1n) is 6.34. The van der Waals surface area contributed by atoms with Crippen LogP contribution in [0.5, 0.6) is 5.75 Å². The van der Waals surface area contributed by atoms with Crippen LogP contribution in [0.4, 0.5) is 0 Å². The fourth-order valence-electron chi connectivity index (χ4n) is 2.82. The molecule has 0 saturated carbocycles. The van der Waals surface area contributed by atoms with Gasteiger partial charge in [0.05, 0.1) is 6.10 Å². The lowest BCUT2D eigenvalue weighted by Gasteiger charge is -2.32. The minimum Gasteiger partial charge on any atom is -0.492 e. The van der Waals surface area contributed by atoms with E-state index >= 15 is 0 Å². The first-order valence-corrected chi connectivity index (χ1v) is 6.34. The first-order chi connectivity index (χ1) is 8.36. The molecule has 1 fully saturated rings. The average Bonchev–Trinajstić information content (AvgIpc) is 2.87. The van der Waals surface area contributed by atoms with Crippen molar-refractivity contribution in [3.05, 3.63) is 29.8 Å². The van der Waals surface area contributed by atoms with Gasteiger partial charge in [0.25, 0.3) is 0 Å². The Balaban J connectivity index is 1.68. The number of hydrogen-bond donors (Lipinski definition) is 0. The summed E-state index contributed by atoms with van der Waals surface area (Å²) in [5, 5.41) is 0. The number of hydrogen-bond acceptors (Lipinski definition) is 3. The molecule has 1 aromatic carbocycles. The lowest BCUT2D eigenvalue weighted by molar-refractivity contribution is 0.0875. The van der Waals surface area contributed by atoms with Crippen molar-refractivity contribution >= 4 is 0 Å². The quantitative estimate of drug-likeness (QED) is 0.776. The van der Waals surface area contributed by atoms with Crippen molar-refractivity contribution in [2.24, 2.45) is 0 Å². The van der Waals surface area contributed by atoms with Gasteiger partial charge in [-0.3, -0.25) is 4.90 Å². The van der Waals surface area contributed by atoms with Crippen molar-refractivity contribution in [3.63, 3.8) is 0 Å². The molecule has 0 aromatic heterocycles. The number of rotatable bonds is 2. The molecule has 0 unspecified atom stereocenters. The summed E-state index contributed by atoms with van der Waals surface area (Å²) < 4.78 is 11.3. The van der Waals surface area contributed by atoms with Gasteiger partial charge < -0.3 is 9.47 Å². The fraction of sp³-hybridized carbons (Fsp3) is 0.571. The van der Waals surface area contributed by atoms with Gasteiger partial charge >= 0.3 is 0 Å². The van der Waals surface area contributed by atoms with E-state index in [1.165, 1.54) is 5.56 Å². The minimum absolute atomic E-state index is 0.409. The second-order valence-electron chi connectivity index (χ2n) is 4.92. The van der Waals surface area contributed by atoms with E-state index < -0.39 is 0 Å². The van der Waals surface area contributed by atoms with Crippen LogP contribution in [-0.4, -0.2) is 43.9 Å². The lowest BCUT2D eigenvalue weighted by atomic mass is 10.0. The first kappa shape index (κ1) is 11.1. The van der Waals surface area contributed by atoms with Crippen molar-refractivity contribution in [2.75, 3.05) is 26.8 Å². The zero-order valence-corrected chi connectivity index (χ0v) is 10.3. The van der Waals surface area contributed by atoms with Crippen molar-refractivity contribution in [1.82, 2.24) is 4.90 Å². The zero-order chi connectivity index (χ0) is 11.7. The molecule has 2 heterocycles. The summed E-state index contributed by atoms with van der Waals surface area (Å²) in [6.45, 7) is 2.99. The van der Waals surface area contributed by atoms with Gasteiger partial charge in [0.2, 0.25) is 0 Å². The molecule has 3 rings (SSSR count). The predicted molar refractivity (Wildman–Crippen MR) is 66.4 cm³/mol. The Morgan fingerprint density at radius 2 is 2.24 bits per heavy atom. The third kappa shape index (κ3) is 2.17. The van der Waals surface area contributed by atoms with E-state index in [0.29, 0.717) is 12.1 Å².